The first-order valence-electron chi connectivity index (χ1n) is 7.83. The van der Waals surface area contributed by atoms with Gasteiger partial charge in [-0.3, -0.25) is 4.79 Å². The second kappa shape index (κ2) is 4.06. The molecule has 1 aliphatic heterocycles. The van der Waals surface area contributed by atoms with Crippen molar-refractivity contribution in [1.29, 1.82) is 0 Å². The van der Waals surface area contributed by atoms with Crippen LogP contribution >= 0.6 is 0 Å². The van der Waals surface area contributed by atoms with Crippen LogP contribution in [0.4, 0.5) is 0 Å². The van der Waals surface area contributed by atoms with Gasteiger partial charge in [0.05, 0.1) is 6.61 Å². The Labute approximate surface area is 109 Å². The Morgan fingerprint density at radius 1 is 1.06 bits per heavy atom. The molecule has 100 valence electrons. The minimum atomic E-state index is 0.234. The quantitative estimate of drug-likeness (QED) is 0.766. The SMILES string of the molecule is O=C(CC12CC3CC(CC(C3)C1)C2)C1CCOC1. The molecule has 0 spiro atoms. The molecule has 4 aliphatic carbocycles. The van der Waals surface area contributed by atoms with Crippen LogP contribution in [-0.4, -0.2) is 19.0 Å². The number of ether oxygens (including phenoxy) is 1. The maximum Gasteiger partial charge on any atom is 0.138 e. The van der Waals surface area contributed by atoms with Crippen molar-refractivity contribution < 1.29 is 9.53 Å². The van der Waals surface area contributed by atoms with Gasteiger partial charge in [-0.15, -0.1) is 0 Å². The zero-order valence-corrected chi connectivity index (χ0v) is 11.2. The van der Waals surface area contributed by atoms with E-state index in [-0.39, 0.29) is 5.92 Å². The van der Waals surface area contributed by atoms with Gasteiger partial charge >= 0.3 is 0 Å². The predicted octanol–water partition coefficient (Wildman–Crippen LogP) is 3.20. The van der Waals surface area contributed by atoms with Crippen LogP contribution in [0, 0.1) is 29.1 Å². The van der Waals surface area contributed by atoms with Crippen LogP contribution in [0.1, 0.15) is 51.4 Å². The van der Waals surface area contributed by atoms with Crippen molar-refractivity contribution in [2.75, 3.05) is 13.2 Å². The van der Waals surface area contributed by atoms with Crippen LogP contribution < -0.4 is 0 Å². The Balaban J connectivity index is 1.48. The standard InChI is InChI=1S/C16H24O2/c17-15(14-1-2-18-10-14)9-16-6-11-3-12(7-16)5-13(4-11)8-16/h11-14H,1-10H2. The van der Waals surface area contributed by atoms with E-state index < -0.39 is 0 Å². The largest absolute Gasteiger partial charge is 0.381 e. The van der Waals surface area contributed by atoms with Crippen molar-refractivity contribution in [2.24, 2.45) is 29.1 Å². The first-order valence-corrected chi connectivity index (χ1v) is 7.83. The summed E-state index contributed by atoms with van der Waals surface area (Å²) in [7, 11) is 0. The smallest absolute Gasteiger partial charge is 0.138 e. The second-order valence-corrected chi connectivity index (χ2v) is 7.62. The number of rotatable bonds is 3. The third kappa shape index (κ3) is 1.84. The highest BCUT2D eigenvalue weighted by Gasteiger charge is 2.51. The molecular formula is C16H24O2. The molecule has 0 aromatic heterocycles. The minimum Gasteiger partial charge on any atom is -0.381 e. The third-order valence-corrected chi connectivity index (χ3v) is 6.10. The van der Waals surface area contributed by atoms with Crippen molar-refractivity contribution in [2.45, 2.75) is 51.4 Å². The van der Waals surface area contributed by atoms with Crippen molar-refractivity contribution in [3.63, 3.8) is 0 Å². The summed E-state index contributed by atoms with van der Waals surface area (Å²) in [4.78, 5) is 12.4. The molecule has 0 amide bonds. The van der Waals surface area contributed by atoms with Gasteiger partial charge in [0.25, 0.3) is 0 Å². The van der Waals surface area contributed by atoms with Gasteiger partial charge in [0, 0.05) is 18.9 Å². The predicted molar refractivity (Wildman–Crippen MR) is 69.2 cm³/mol. The van der Waals surface area contributed by atoms with Crippen molar-refractivity contribution >= 4 is 5.78 Å². The van der Waals surface area contributed by atoms with Gasteiger partial charge in [-0.1, -0.05) is 0 Å². The summed E-state index contributed by atoms with van der Waals surface area (Å²) in [5.74, 6) is 3.64. The van der Waals surface area contributed by atoms with Crippen LogP contribution in [-0.2, 0) is 9.53 Å². The molecule has 1 atom stereocenters. The Bertz CT molecular complexity index is 319. The third-order valence-electron chi connectivity index (χ3n) is 6.10. The van der Waals surface area contributed by atoms with E-state index >= 15 is 0 Å². The number of ketones is 1. The van der Waals surface area contributed by atoms with E-state index in [1.54, 1.807) is 0 Å². The summed E-state index contributed by atoms with van der Waals surface area (Å²) < 4.78 is 5.38. The molecule has 18 heavy (non-hydrogen) atoms. The van der Waals surface area contributed by atoms with Crippen molar-refractivity contribution in [3.8, 4) is 0 Å². The Kier molecular flexibility index (Phi) is 2.58. The van der Waals surface area contributed by atoms with Crippen molar-refractivity contribution in [1.82, 2.24) is 0 Å². The molecule has 0 aromatic rings. The summed E-state index contributed by atoms with van der Waals surface area (Å²) in [5, 5.41) is 0. The van der Waals surface area contributed by atoms with Gasteiger partial charge in [0.1, 0.15) is 5.78 Å². The summed E-state index contributed by atoms with van der Waals surface area (Å²) in [6.45, 7) is 1.50. The lowest BCUT2D eigenvalue weighted by Crippen LogP contribution is -2.47. The monoisotopic (exact) mass is 248 g/mol. The highest BCUT2D eigenvalue weighted by molar-refractivity contribution is 5.82. The van der Waals surface area contributed by atoms with Gasteiger partial charge in [0.2, 0.25) is 0 Å². The molecule has 1 saturated heterocycles. The molecule has 5 fully saturated rings. The Hall–Kier alpha value is -0.370. The molecule has 5 rings (SSSR count). The highest BCUT2D eigenvalue weighted by atomic mass is 16.5. The molecule has 4 bridgehead atoms. The molecule has 5 aliphatic rings. The van der Waals surface area contributed by atoms with E-state index in [0.717, 1.165) is 37.2 Å². The topological polar surface area (TPSA) is 26.3 Å². The Morgan fingerprint density at radius 3 is 2.17 bits per heavy atom. The van der Waals surface area contributed by atoms with Crippen LogP contribution in [0.5, 0.6) is 0 Å². The summed E-state index contributed by atoms with van der Waals surface area (Å²) in [6, 6.07) is 0. The van der Waals surface area contributed by atoms with Gasteiger partial charge in [-0.2, -0.15) is 0 Å². The fourth-order valence-electron chi connectivity index (χ4n) is 5.81. The van der Waals surface area contributed by atoms with Gasteiger partial charge < -0.3 is 4.74 Å². The first-order chi connectivity index (χ1) is 8.72. The normalized spacial score (nSPS) is 49.8. The number of carbonyl (C=O) groups excluding carboxylic acids is 1. The fourth-order valence-corrected chi connectivity index (χ4v) is 5.81. The van der Waals surface area contributed by atoms with Crippen LogP contribution in [0.2, 0.25) is 0 Å². The van der Waals surface area contributed by atoms with E-state index in [1.165, 1.54) is 38.5 Å². The molecule has 0 aromatic carbocycles. The van der Waals surface area contributed by atoms with Gasteiger partial charge in [0.15, 0.2) is 0 Å². The molecule has 0 N–H and O–H groups in total. The van der Waals surface area contributed by atoms with E-state index in [1.807, 2.05) is 0 Å². The molecule has 2 nitrogen and oxygen atoms in total. The Morgan fingerprint density at radius 2 is 1.67 bits per heavy atom. The number of Topliss-reactive ketones (excluding diaryl/α,β-unsaturated/α-hetero) is 1. The van der Waals surface area contributed by atoms with E-state index in [2.05, 4.69) is 0 Å². The molecule has 1 heterocycles. The van der Waals surface area contributed by atoms with Gasteiger partial charge in [-0.05, 0) is 68.1 Å². The summed E-state index contributed by atoms with van der Waals surface area (Å²) in [5.41, 5.74) is 0.425. The maximum absolute atomic E-state index is 12.4. The van der Waals surface area contributed by atoms with Crippen molar-refractivity contribution in [3.05, 3.63) is 0 Å². The number of hydrogen-bond acceptors (Lipinski definition) is 2. The second-order valence-electron chi connectivity index (χ2n) is 7.62. The average molecular weight is 248 g/mol. The van der Waals surface area contributed by atoms with Gasteiger partial charge in [-0.25, -0.2) is 0 Å². The average Bonchev–Trinajstić information content (AvgIpc) is 2.79. The lowest BCUT2D eigenvalue weighted by molar-refractivity contribution is -0.131. The maximum atomic E-state index is 12.4. The first kappa shape index (κ1) is 11.5. The fraction of sp³-hybridized carbons (Fsp3) is 0.938. The highest BCUT2D eigenvalue weighted by Crippen LogP contribution is 2.61. The van der Waals surface area contributed by atoms with Crippen LogP contribution in [0.25, 0.3) is 0 Å². The van der Waals surface area contributed by atoms with E-state index in [9.17, 15) is 4.79 Å². The van der Waals surface area contributed by atoms with Crippen LogP contribution in [0.15, 0.2) is 0 Å². The number of hydrogen-bond donors (Lipinski definition) is 0. The summed E-state index contributed by atoms with van der Waals surface area (Å²) >= 11 is 0. The molecule has 4 saturated carbocycles. The zero-order valence-electron chi connectivity index (χ0n) is 11.2. The zero-order chi connectivity index (χ0) is 12.2. The molecular weight excluding hydrogens is 224 g/mol. The van der Waals surface area contributed by atoms with E-state index in [0.29, 0.717) is 17.8 Å². The lowest BCUT2D eigenvalue weighted by atomic mass is 9.48. The minimum absolute atomic E-state index is 0.234. The molecule has 1 unspecified atom stereocenters. The lowest BCUT2D eigenvalue weighted by Gasteiger charge is -2.57. The summed E-state index contributed by atoms with van der Waals surface area (Å²) in [6.07, 6.45) is 10.4. The van der Waals surface area contributed by atoms with E-state index in [4.69, 9.17) is 4.74 Å². The van der Waals surface area contributed by atoms with Crippen LogP contribution in [0.3, 0.4) is 0 Å². The molecule has 0 radical (unpaired) electrons. The molecule has 2 heteroatoms. The number of carbonyl (C=O) groups is 1.